The van der Waals surface area contributed by atoms with Crippen molar-refractivity contribution in [3.05, 3.63) is 0 Å². The number of amides is 1. The first-order valence-electron chi connectivity index (χ1n) is 4.46. The van der Waals surface area contributed by atoms with Gasteiger partial charge in [0, 0.05) is 0 Å². The van der Waals surface area contributed by atoms with Crippen LogP contribution in [-0.4, -0.2) is 29.2 Å². The fraction of sp³-hybridized carbons (Fsp3) is 0.875. The lowest BCUT2D eigenvalue weighted by molar-refractivity contribution is -0.192. The minimum Gasteiger partial charge on any atom is -0.271 e. The van der Waals surface area contributed by atoms with Gasteiger partial charge in [0.1, 0.15) is 0 Å². The van der Waals surface area contributed by atoms with Crippen molar-refractivity contribution in [1.29, 1.82) is 0 Å². The molecule has 1 unspecified atom stereocenters. The summed E-state index contributed by atoms with van der Waals surface area (Å²) in [5, 5.41) is 0. The molecule has 7 heteroatoms. The van der Waals surface area contributed by atoms with Gasteiger partial charge in [0.2, 0.25) is 0 Å². The molecular formula is C8H12F3NO2S. The summed E-state index contributed by atoms with van der Waals surface area (Å²) < 4.78 is 34.4. The Morgan fingerprint density at radius 2 is 2.27 bits per heavy atom. The maximum absolute atomic E-state index is 11.7. The Balaban J connectivity index is 2.30. The molecule has 1 heterocycles. The first-order chi connectivity index (χ1) is 6.83. The van der Waals surface area contributed by atoms with Crippen molar-refractivity contribution >= 4 is 17.7 Å². The minimum atomic E-state index is -4.42. The lowest BCUT2D eigenvalue weighted by Gasteiger charge is -2.21. The Bertz CT molecular complexity index is 239. The van der Waals surface area contributed by atoms with Crippen LogP contribution in [0.1, 0.15) is 19.8 Å². The number of carbonyl (C=O) groups excluding carboxylic acids is 1. The summed E-state index contributed by atoms with van der Waals surface area (Å²) in [6, 6.07) is 0. The van der Waals surface area contributed by atoms with E-state index in [1.54, 1.807) is 6.92 Å². The topological polar surface area (TPSA) is 38.3 Å². The van der Waals surface area contributed by atoms with E-state index in [1.165, 1.54) is 11.8 Å². The van der Waals surface area contributed by atoms with Crippen LogP contribution in [0.4, 0.5) is 13.2 Å². The number of nitrogens with one attached hydrogen (secondary N) is 1. The van der Waals surface area contributed by atoms with Gasteiger partial charge in [0.25, 0.3) is 5.91 Å². The fourth-order valence-electron chi connectivity index (χ4n) is 1.25. The molecule has 0 aliphatic carbocycles. The van der Waals surface area contributed by atoms with Crippen molar-refractivity contribution in [1.82, 2.24) is 5.48 Å². The average Bonchev–Trinajstić information content (AvgIpc) is 2.51. The minimum absolute atomic E-state index is 0.491. The molecule has 1 rings (SSSR count). The molecule has 0 aromatic carbocycles. The van der Waals surface area contributed by atoms with Crippen LogP contribution >= 0.6 is 11.8 Å². The molecular weight excluding hydrogens is 231 g/mol. The first-order valence-corrected chi connectivity index (χ1v) is 5.45. The zero-order valence-electron chi connectivity index (χ0n) is 8.19. The van der Waals surface area contributed by atoms with Crippen molar-refractivity contribution in [3.8, 4) is 0 Å². The predicted molar refractivity (Wildman–Crippen MR) is 50.2 cm³/mol. The zero-order valence-corrected chi connectivity index (χ0v) is 9.00. The molecule has 1 N–H and O–H groups in total. The molecule has 15 heavy (non-hydrogen) atoms. The number of hydrogen-bond acceptors (Lipinski definition) is 3. The van der Waals surface area contributed by atoms with Crippen molar-refractivity contribution in [3.63, 3.8) is 0 Å². The highest BCUT2D eigenvalue weighted by Gasteiger charge is 2.38. The smallest absolute Gasteiger partial charge is 0.271 e. The van der Waals surface area contributed by atoms with Gasteiger partial charge in [-0.15, -0.1) is 11.8 Å². The van der Waals surface area contributed by atoms with E-state index in [0.717, 1.165) is 12.2 Å². The second-order valence-corrected chi connectivity index (χ2v) is 5.12. The molecule has 1 atom stereocenters. The second-order valence-electron chi connectivity index (χ2n) is 3.52. The fourth-order valence-corrected chi connectivity index (χ4v) is 2.45. The Kier molecular flexibility index (Phi) is 3.88. The van der Waals surface area contributed by atoms with Crippen LogP contribution in [0.15, 0.2) is 0 Å². The summed E-state index contributed by atoms with van der Waals surface area (Å²) >= 11 is 1.44. The van der Waals surface area contributed by atoms with Gasteiger partial charge in [-0.3, -0.25) is 9.63 Å². The van der Waals surface area contributed by atoms with Gasteiger partial charge in [0.05, 0.1) is 4.75 Å². The third-order valence-electron chi connectivity index (χ3n) is 2.10. The van der Waals surface area contributed by atoms with Gasteiger partial charge in [-0.2, -0.15) is 13.2 Å². The standard InChI is InChI=1S/C8H12F3NO2S/c1-7(3-2-4-15-7)6(13)12-14-5-8(9,10)11/h2-5H2,1H3,(H,12,13). The first kappa shape index (κ1) is 12.6. The third kappa shape index (κ3) is 3.90. The van der Waals surface area contributed by atoms with Crippen molar-refractivity contribution in [2.45, 2.75) is 30.7 Å². The van der Waals surface area contributed by atoms with E-state index in [-0.39, 0.29) is 0 Å². The van der Waals surface area contributed by atoms with Gasteiger partial charge >= 0.3 is 6.18 Å². The number of rotatable bonds is 3. The molecule has 3 nitrogen and oxygen atoms in total. The van der Waals surface area contributed by atoms with E-state index in [1.807, 2.05) is 5.48 Å². The van der Waals surface area contributed by atoms with Gasteiger partial charge in [-0.25, -0.2) is 5.48 Å². The van der Waals surface area contributed by atoms with Crippen molar-refractivity contribution in [2.24, 2.45) is 0 Å². The van der Waals surface area contributed by atoms with Gasteiger partial charge in [0.15, 0.2) is 6.61 Å². The highest BCUT2D eigenvalue weighted by atomic mass is 32.2. The third-order valence-corrected chi connectivity index (χ3v) is 3.62. The molecule has 0 aromatic heterocycles. The molecule has 0 radical (unpaired) electrons. The molecule has 1 amide bonds. The molecule has 1 aliphatic heterocycles. The normalized spacial score (nSPS) is 26.7. The van der Waals surface area contributed by atoms with E-state index in [2.05, 4.69) is 4.84 Å². The van der Waals surface area contributed by atoms with Gasteiger partial charge < -0.3 is 0 Å². The average molecular weight is 243 g/mol. The molecule has 0 spiro atoms. The summed E-state index contributed by atoms with van der Waals surface area (Å²) in [7, 11) is 0. The van der Waals surface area contributed by atoms with Crippen LogP contribution in [0.3, 0.4) is 0 Å². The molecule has 0 bridgehead atoms. The van der Waals surface area contributed by atoms with E-state index in [0.29, 0.717) is 6.42 Å². The van der Waals surface area contributed by atoms with Gasteiger partial charge in [-0.1, -0.05) is 0 Å². The largest absolute Gasteiger partial charge is 0.414 e. The summed E-state index contributed by atoms with van der Waals surface area (Å²) in [6.45, 7) is 0.246. The van der Waals surface area contributed by atoms with Crippen molar-refractivity contribution in [2.75, 3.05) is 12.4 Å². The molecule has 1 fully saturated rings. The predicted octanol–water partition coefficient (Wildman–Crippen LogP) is 1.88. The Morgan fingerprint density at radius 3 is 2.73 bits per heavy atom. The Morgan fingerprint density at radius 1 is 1.60 bits per heavy atom. The maximum Gasteiger partial charge on any atom is 0.414 e. The van der Waals surface area contributed by atoms with Crippen LogP contribution in [0.25, 0.3) is 0 Å². The van der Waals surface area contributed by atoms with Gasteiger partial charge in [-0.05, 0) is 25.5 Å². The SMILES string of the molecule is CC1(C(=O)NOCC(F)(F)F)CCCS1. The number of hydroxylamine groups is 1. The molecule has 0 saturated carbocycles. The van der Waals surface area contributed by atoms with Crippen LogP contribution in [0, 0.1) is 0 Å². The monoisotopic (exact) mass is 243 g/mol. The number of hydrogen-bond donors (Lipinski definition) is 1. The molecule has 88 valence electrons. The summed E-state index contributed by atoms with van der Waals surface area (Å²) in [5.41, 5.74) is 1.84. The number of alkyl halides is 3. The molecule has 1 aliphatic rings. The number of carbonyl (C=O) groups is 1. The van der Waals surface area contributed by atoms with E-state index >= 15 is 0 Å². The van der Waals surface area contributed by atoms with E-state index in [4.69, 9.17) is 0 Å². The number of halogens is 3. The lowest BCUT2D eigenvalue weighted by atomic mass is 10.1. The zero-order chi connectivity index (χ0) is 11.5. The quantitative estimate of drug-likeness (QED) is 0.769. The Labute approximate surface area is 89.7 Å². The van der Waals surface area contributed by atoms with Crippen LogP contribution in [0.2, 0.25) is 0 Å². The summed E-state index contributed by atoms with van der Waals surface area (Å²) in [6.07, 6.45) is -2.86. The second kappa shape index (κ2) is 4.61. The highest BCUT2D eigenvalue weighted by Crippen LogP contribution is 2.37. The molecule has 1 saturated heterocycles. The maximum atomic E-state index is 11.7. The van der Waals surface area contributed by atoms with Crippen molar-refractivity contribution < 1.29 is 22.8 Å². The van der Waals surface area contributed by atoms with E-state index < -0.39 is 23.4 Å². The van der Waals surface area contributed by atoms with Crippen LogP contribution in [0.5, 0.6) is 0 Å². The molecule has 0 aromatic rings. The lowest BCUT2D eigenvalue weighted by Crippen LogP contribution is -2.41. The Hall–Kier alpha value is -0.430. The summed E-state index contributed by atoms with van der Waals surface area (Å²) in [4.78, 5) is 15.5. The highest BCUT2D eigenvalue weighted by molar-refractivity contribution is 8.01. The van der Waals surface area contributed by atoms with Crippen LogP contribution < -0.4 is 5.48 Å². The number of thioether (sulfide) groups is 1. The summed E-state index contributed by atoms with van der Waals surface area (Å²) in [5.74, 6) is 0.359. The van der Waals surface area contributed by atoms with Crippen LogP contribution in [-0.2, 0) is 9.63 Å². The van der Waals surface area contributed by atoms with E-state index in [9.17, 15) is 18.0 Å².